The number of nitrogens with one attached hydrogen (secondary N) is 2. The van der Waals surface area contributed by atoms with E-state index < -0.39 is 0 Å². The van der Waals surface area contributed by atoms with Crippen molar-refractivity contribution in [3.63, 3.8) is 0 Å². The summed E-state index contributed by atoms with van der Waals surface area (Å²) in [5.41, 5.74) is -0.0547. The van der Waals surface area contributed by atoms with E-state index in [0.29, 0.717) is 30.0 Å². The minimum Gasteiger partial charge on any atom is -0.497 e. The summed E-state index contributed by atoms with van der Waals surface area (Å²) in [4.78, 5) is 26.8. The third-order valence-corrected chi connectivity index (χ3v) is 3.70. The number of amides is 1. The first-order valence-corrected chi connectivity index (χ1v) is 7.84. The molecule has 0 spiro atoms. The van der Waals surface area contributed by atoms with Crippen LogP contribution >= 0.6 is 0 Å². The van der Waals surface area contributed by atoms with Crippen LogP contribution in [-0.2, 0) is 0 Å². The van der Waals surface area contributed by atoms with Gasteiger partial charge in [-0.25, -0.2) is 0 Å². The van der Waals surface area contributed by atoms with Gasteiger partial charge in [0.05, 0.1) is 13.7 Å². The Kier molecular flexibility index (Phi) is 4.99. The molecule has 0 unspecified atom stereocenters. The zero-order chi connectivity index (χ0) is 17.6. The number of hydrogen-bond donors (Lipinski definition) is 2. The highest BCUT2D eigenvalue weighted by Crippen LogP contribution is 2.18. The second kappa shape index (κ2) is 7.53. The molecule has 3 aromatic rings. The van der Waals surface area contributed by atoms with Gasteiger partial charge < -0.3 is 19.8 Å². The smallest absolute Gasteiger partial charge is 0.267 e. The Balaban J connectivity index is 1.58. The van der Waals surface area contributed by atoms with Gasteiger partial charge in [0.1, 0.15) is 23.8 Å². The minimum atomic E-state index is -0.350. The average Bonchev–Trinajstić information content (AvgIpc) is 2.65. The molecule has 6 heteroatoms. The van der Waals surface area contributed by atoms with Gasteiger partial charge in [-0.3, -0.25) is 9.59 Å². The van der Waals surface area contributed by atoms with E-state index in [1.165, 1.54) is 0 Å². The topological polar surface area (TPSA) is 80.4 Å². The molecule has 2 N–H and O–H groups in total. The fourth-order valence-corrected chi connectivity index (χ4v) is 2.45. The Morgan fingerprint density at radius 1 is 1.08 bits per heavy atom. The Morgan fingerprint density at radius 2 is 1.88 bits per heavy atom. The van der Waals surface area contributed by atoms with Gasteiger partial charge in [-0.2, -0.15) is 0 Å². The molecule has 6 nitrogen and oxygen atoms in total. The lowest BCUT2D eigenvalue weighted by atomic mass is 10.1. The van der Waals surface area contributed by atoms with Crippen LogP contribution in [0, 0.1) is 0 Å². The SMILES string of the molecule is COc1cccc(OCCNC(=O)c2cc3ccccc3c(=O)[nH]2)c1. The first-order valence-electron chi connectivity index (χ1n) is 7.84. The van der Waals surface area contributed by atoms with Crippen molar-refractivity contribution in [2.45, 2.75) is 0 Å². The number of aromatic nitrogens is 1. The third kappa shape index (κ3) is 3.98. The molecule has 0 saturated carbocycles. The van der Waals surface area contributed by atoms with Gasteiger partial charge in [0.2, 0.25) is 0 Å². The molecule has 3 rings (SSSR count). The second-order valence-electron chi connectivity index (χ2n) is 5.38. The van der Waals surface area contributed by atoms with Crippen LogP contribution < -0.4 is 20.3 Å². The Morgan fingerprint density at radius 3 is 2.72 bits per heavy atom. The zero-order valence-electron chi connectivity index (χ0n) is 13.7. The molecule has 0 atom stereocenters. The lowest BCUT2D eigenvalue weighted by Crippen LogP contribution is -2.30. The zero-order valence-corrected chi connectivity index (χ0v) is 13.7. The highest BCUT2D eigenvalue weighted by molar-refractivity contribution is 5.96. The number of ether oxygens (including phenoxy) is 2. The molecule has 0 saturated heterocycles. The molecular weight excluding hydrogens is 320 g/mol. The summed E-state index contributed by atoms with van der Waals surface area (Å²) >= 11 is 0. The fraction of sp³-hybridized carbons (Fsp3) is 0.158. The average molecular weight is 338 g/mol. The van der Waals surface area contributed by atoms with Gasteiger partial charge in [-0.05, 0) is 29.7 Å². The lowest BCUT2D eigenvalue weighted by molar-refractivity contribution is 0.0942. The largest absolute Gasteiger partial charge is 0.497 e. The van der Waals surface area contributed by atoms with Crippen LogP contribution in [0.2, 0.25) is 0 Å². The van der Waals surface area contributed by atoms with Crippen LogP contribution in [0.4, 0.5) is 0 Å². The molecule has 0 aliphatic carbocycles. The van der Waals surface area contributed by atoms with E-state index in [1.807, 2.05) is 24.3 Å². The van der Waals surface area contributed by atoms with Crippen LogP contribution in [0.25, 0.3) is 10.8 Å². The Bertz CT molecular complexity index is 949. The standard InChI is InChI=1S/C19H18N2O4/c1-24-14-6-4-7-15(12-14)25-10-9-20-19(23)17-11-13-5-2-3-8-16(13)18(22)21-17/h2-8,11-12H,9-10H2,1H3,(H,20,23)(H,21,22). The number of hydrogen-bond acceptors (Lipinski definition) is 4. The number of benzene rings is 2. The van der Waals surface area contributed by atoms with Crippen LogP contribution in [-0.4, -0.2) is 31.2 Å². The molecule has 0 aliphatic rings. The van der Waals surface area contributed by atoms with E-state index in [-0.39, 0.29) is 17.2 Å². The highest BCUT2D eigenvalue weighted by Gasteiger charge is 2.09. The Hall–Kier alpha value is -3.28. The summed E-state index contributed by atoms with van der Waals surface area (Å²) in [6.07, 6.45) is 0. The molecule has 25 heavy (non-hydrogen) atoms. The summed E-state index contributed by atoms with van der Waals surface area (Å²) in [6.45, 7) is 0.613. The fourth-order valence-electron chi connectivity index (χ4n) is 2.45. The van der Waals surface area contributed by atoms with Crippen LogP contribution in [0.3, 0.4) is 0 Å². The van der Waals surface area contributed by atoms with Crippen molar-refractivity contribution in [1.29, 1.82) is 0 Å². The molecule has 1 heterocycles. The predicted molar refractivity (Wildman–Crippen MR) is 95.4 cm³/mol. The normalized spacial score (nSPS) is 10.4. The summed E-state index contributed by atoms with van der Waals surface area (Å²) in [7, 11) is 1.59. The van der Waals surface area contributed by atoms with E-state index >= 15 is 0 Å². The van der Waals surface area contributed by atoms with Crippen molar-refractivity contribution in [1.82, 2.24) is 10.3 Å². The van der Waals surface area contributed by atoms with Crippen molar-refractivity contribution in [2.24, 2.45) is 0 Å². The first-order chi connectivity index (χ1) is 12.2. The van der Waals surface area contributed by atoms with Crippen LogP contribution in [0.1, 0.15) is 10.5 Å². The van der Waals surface area contributed by atoms with E-state index in [1.54, 1.807) is 37.4 Å². The summed E-state index contributed by atoms with van der Waals surface area (Å²) in [5.74, 6) is 1.01. The summed E-state index contributed by atoms with van der Waals surface area (Å²) in [5, 5.41) is 4.01. The number of rotatable bonds is 6. The summed E-state index contributed by atoms with van der Waals surface area (Å²) < 4.78 is 10.7. The number of carbonyl (C=O) groups excluding carboxylic acids is 1. The number of pyridine rings is 1. The first kappa shape index (κ1) is 16.6. The van der Waals surface area contributed by atoms with Crippen molar-refractivity contribution in [3.05, 3.63) is 70.6 Å². The predicted octanol–water partition coefficient (Wildman–Crippen LogP) is 2.35. The molecule has 2 aromatic carbocycles. The van der Waals surface area contributed by atoms with Crippen molar-refractivity contribution < 1.29 is 14.3 Å². The highest BCUT2D eigenvalue weighted by atomic mass is 16.5. The summed E-state index contributed by atoms with van der Waals surface area (Å²) in [6, 6.07) is 16.0. The molecular formula is C19H18N2O4. The van der Waals surface area contributed by atoms with Crippen LogP contribution in [0.5, 0.6) is 11.5 Å². The van der Waals surface area contributed by atoms with E-state index in [2.05, 4.69) is 10.3 Å². The number of methoxy groups -OCH3 is 1. The maximum atomic E-state index is 12.2. The van der Waals surface area contributed by atoms with Crippen molar-refractivity contribution in [3.8, 4) is 11.5 Å². The van der Waals surface area contributed by atoms with Crippen molar-refractivity contribution in [2.75, 3.05) is 20.3 Å². The van der Waals surface area contributed by atoms with Gasteiger partial charge >= 0.3 is 0 Å². The quantitative estimate of drug-likeness (QED) is 0.676. The lowest BCUT2D eigenvalue weighted by Gasteiger charge is -2.09. The maximum absolute atomic E-state index is 12.2. The third-order valence-electron chi connectivity index (χ3n) is 3.70. The van der Waals surface area contributed by atoms with Crippen LogP contribution in [0.15, 0.2) is 59.4 Å². The van der Waals surface area contributed by atoms with Gasteiger partial charge in [-0.15, -0.1) is 0 Å². The van der Waals surface area contributed by atoms with Gasteiger partial charge in [0.15, 0.2) is 0 Å². The molecule has 0 radical (unpaired) electrons. The molecule has 0 bridgehead atoms. The number of fused-ring (bicyclic) bond motifs is 1. The van der Waals surface area contributed by atoms with E-state index in [0.717, 1.165) is 5.39 Å². The van der Waals surface area contributed by atoms with E-state index in [9.17, 15) is 9.59 Å². The number of aromatic amines is 1. The second-order valence-corrected chi connectivity index (χ2v) is 5.38. The van der Waals surface area contributed by atoms with E-state index in [4.69, 9.17) is 9.47 Å². The molecule has 0 aliphatic heterocycles. The molecule has 1 amide bonds. The molecule has 128 valence electrons. The molecule has 1 aromatic heterocycles. The van der Waals surface area contributed by atoms with Gasteiger partial charge in [0.25, 0.3) is 11.5 Å². The van der Waals surface area contributed by atoms with Crippen molar-refractivity contribution >= 4 is 16.7 Å². The number of carbonyl (C=O) groups is 1. The van der Waals surface area contributed by atoms with Gasteiger partial charge in [0, 0.05) is 11.5 Å². The maximum Gasteiger partial charge on any atom is 0.267 e. The number of H-pyrrole nitrogens is 1. The monoisotopic (exact) mass is 338 g/mol. The molecule has 0 fully saturated rings. The Labute approximate surface area is 144 Å². The minimum absolute atomic E-state index is 0.227. The van der Waals surface area contributed by atoms with Gasteiger partial charge in [-0.1, -0.05) is 24.3 Å².